The Morgan fingerprint density at radius 3 is 3.15 bits per heavy atom. The Bertz CT molecular complexity index is 270. The SMILES string of the molecule is Cc1cn(CC2CCOC2)nc1N. The molecule has 1 aromatic heterocycles. The van der Waals surface area contributed by atoms with Crippen LogP contribution in [0.1, 0.15) is 12.0 Å². The van der Waals surface area contributed by atoms with Gasteiger partial charge < -0.3 is 10.5 Å². The number of nitrogens with two attached hydrogens (primary N) is 1. The monoisotopic (exact) mass is 181 g/mol. The average molecular weight is 181 g/mol. The number of rotatable bonds is 2. The van der Waals surface area contributed by atoms with E-state index in [-0.39, 0.29) is 0 Å². The second-order valence-electron chi connectivity index (χ2n) is 3.65. The van der Waals surface area contributed by atoms with E-state index < -0.39 is 0 Å². The summed E-state index contributed by atoms with van der Waals surface area (Å²) in [5.41, 5.74) is 6.71. The fraction of sp³-hybridized carbons (Fsp3) is 0.667. The van der Waals surface area contributed by atoms with Gasteiger partial charge in [-0.2, -0.15) is 5.10 Å². The highest BCUT2D eigenvalue weighted by molar-refractivity contribution is 5.35. The summed E-state index contributed by atoms with van der Waals surface area (Å²) in [4.78, 5) is 0. The van der Waals surface area contributed by atoms with Crippen molar-refractivity contribution in [1.29, 1.82) is 0 Å². The Hall–Kier alpha value is -1.03. The third-order valence-corrected chi connectivity index (χ3v) is 2.45. The summed E-state index contributed by atoms with van der Waals surface area (Å²) in [6, 6.07) is 0. The van der Waals surface area contributed by atoms with E-state index in [4.69, 9.17) is 10.5 Å². The molecule has 0 aliphatic carbocycles. The highest BCUT2D eigenvalue weighted by Crippen LogP contribution is 2.15. The van der Waals surface area contributed by atoms with Crippen LogP contribution in [0.4, 0.5) is 5.82 Å². The van der Waals surface area contributed by atoms with Gasteiger partial charge in [0.25, 0.3) is 0 Å². The van der Waals surface area contributed by atoms with Gasteiger partial charge >= 0.3 is 0 Å². The second kappa shape index (κ2) is 3.38. The fourth-order valence-corrected chi connectivity index (χ4v) is 1.62. The number of aryl methyl sites for hydroxylation is 1. The number of hydrogen-bond acceptors (Lipinski definition) is 3. The fourth-order valence-electron chi connectivity index (χ4n) is 1.62. The van der Waals surface area contributed by atoms with Crippen LogP contribution in [-0.4, -0.2) is 23.0 Å². The van der Waals surface area contributed by atoms with Gasteiger partial charge in [-0.05, 0) is 13.3 Å². The Morgan fingerprint density at radius 1 is 1.77 bits per heavy atom. The van der Waals surface area contributed by atoms with Crippen molar-refractivity contribution in [3.63, 3.8) is 0 Å². The van der Waals surface area contributed by atoms with Crippen molar-refractivity contribution < 1.29 is 4.74 Å². The highest BCUT2D eigenvalue weighted by atomic mass is 16.5. The molecule has 2 N–H and O–H groups in total. The molecule has 0 spiro atoms. The largest absolute Gasteiger partial charge is 0.382 e. The molecule has 72 valence electrons. The van der Waals surface area contributed by atoms with Crippen LogP contribution in [-0.2, 0) is 11.3 Å². The summed E-state index contributed by atoms with van der Waals surface area (Å²) >= 11 is 0. The third-order valence-electron chi connectivity index (χ3n) is 2.45. The quantitative estimate of drug-likeness (QED) is 0.734. The topological polar surface area (TPSA) is 53.1 Å². The van der Waals surface area contributed by atoms with Crippen LogP contribution in [0.5, 0.6) is 0 Å². The lowest BCUT2D eigenvalue weighted by molar-refractivity contribution is 0.181. The molecule has 1 atom stereocenters. The van der Waals surface area contributed by atoms with Crippen LogP contribution in [0.25, 0.3) is 0 Å². The summed E-state index contributed by atoms with van der Waals surface area (Å²) < 4.78 is 7.21. The first kappa shape index (κ1) is 8.56. The van der Waals surface area contributed by atoms with E-state index in [0.29, 0.717) is 11.7 Å². The van der Waals surface area contributed by atoms with Gasteiger partial charge in [0.05, 0.1) is 6.61 Å². The van der Waals surface area contributed by atoms with E-state index in [1.807, 2.05) is 17.8 Å². The molecule has 1 saturated heterocycles. The van der Waals surface area contributed by atoms with Gasteiger partial charge in [0, 0.05) is 30.8 Å². The first-order valence-corrected chi connectivity index (χ1v) is 4.63. The highest BCUT2D eigenvalue weighted by Gasteiger charge is 2.16. The van der Waals surface area contributed by atoms with Crippen molar-refractivity contribution >= 4 is 5.82 Å². The van der Waals surface area contributed by atoms with Crippen LogP contribution in [0, 0.1) is 12.8 Å². The number of hydrogen-bond donors (Lipinski definition) is 1. The van der Waals surface area contributed by atoms with Gasteiger partial charge in [0.15, 0.2) is 0 Å². The molecule has 4 nitrogen and oxygen atoms in total. The molecule has 2 heterocycles. The van der Waals surface area contributed by atoms with Crippen molar-refractivity contribution in [1.82, 2.24) is 9.78 Å². The molecule has 1 fully saturated rings. The smallest absolute Gasteiger partial charge is 0.148 e. The molecule has 1 aliphatic heterocycles. The summed E-state index contributed by atoms with van der Waals surface area (Å²) in [7, 11) is 0. The van der Waals surface area contributed by atoms with E-state index in [2.05, 4.69) is 5.10 Å². The van der Waals surface area contributed by atoms with E-state index in [1.165, 1.54) is 0 Å². The summed E-state index contributed by atoms with van der Waals surface area (Å²) in [5.74, 6) is 1.25. The summed E-state index contributed by atoms with van der Waals surface area (Å²) in [6.45, 7) is 4.65. The Labute approximate surface area is 77.7 Å². The standard InChI is InChI=1S/C9H15N3O/c1-7-4-12(11-9(7)10)5-8-2-3-13-6-8/h4,8H,2-3,5-6H2,1H3,(H2,10,11). The average Bonchev–Trinajstić information content (AvgIpc) is 2.64. The lowest BCUT2D eigenvalue weighted by Gasteiger charge is -2.06. The summed E-state index contributed by atoms with van der Waals surface area (Å²) in [6.07, 6.45) is 3.13. The maximum Gasteiger partial charge on any atom is 0.148 e. The first-order valence-electron chi connectivity index (χ1n) is 4.63. The van der Waals surface area contributed by atoms with Gasteiger partial charge in [-0.25, -0.2) is 0 Å². The van der Waals surface area contributed by atoms with E-state index in [1.54, 1.807) is 0 Å². The van der Waals surface area contributed by atoms with Crippen molar-refractivity contribution in [3.05, 3.63) is 11.8 Å². The minimum Gasteiger partial charge on any atom is -0.382 e. The predicted molar refractivity (Wildman–Crippen MR) is 50.3 cm³/mol. The van der Waals surface area contributed by atoms with Crippen LogP contribution in [0.2, 0.25) is 0 Å². The lowest BCUT2D eigenvalue weighted by atomic mass is 10.1. The summed E-state index contributed by atoms with van der Waals surface area (Å²) in [5, 5.41) is 4.21. The molecule has 2 rings (SSSR count). The van der Waals surface area contributed by atoms with Crippen LogP contribution < -0.4 is 5.73 Å². The van der Waals surface area contributed by atoms with Gasteiger partial charge in [-0.1, -0.05) is 0 Å². The zero-order valence-corrected chi connectivity index (χ0v) is 7.86. The van der Waals surface area contributed by atoms with Crippen LogP contribution in [0.15, 0.2) is 6.20 Å². The van der Waals surface area contributed by atoms with E-state index in [0.717, 1.165) is 31.7 Å². The number of anilines is 1. The molecule has 0 aromatic carbocycles. The van der Waals surface area contributed by atoms with Crippen molar-refractivity contribution in [2.75, 3.05) is 18.9 Å². The van der Waals surface area contributed by atoms with Crippen LogP contribution in [0.3, 0.4) is 0 Å². The number of nitrogen functional groups attached to an aromatic ring is 1. The van der Waals surface area contributed by atoms with Gasteiger partial charge in [0.1, 0.15) is 5.82 Å². The van der Waals surface area contributed by atoms with Crippen molar-refractivity contribution in [3.8, 4) is 0 Å². The van der Waals surface area contributed by atoms with E-state index >= 15 is 0 Å². The lowest BCUT2D eigenvalue weighted by Crippen LogP contribution is -2.11. The molecule has 0 amide bonds. The van der Waals surface area contributed by atoms with Crippen LogP contribution >= 0.6 is 0 Å². The minimum atomic E-state index is 0.610. The molecule has 1 unspecified atom stereocenters. The van der Waals surface area contributed by atoms with Gasteiger partial charge in [-0.15, -0.1) is 0 Å². The molecular weight excluding hydrogens is 166 g/mol. The molecule has 4 heteroatoms. The molecule has 1 aliphatic rings. The molecular formula is C9H15N3O. The molecule has 0 bridgehead atoms. The number of aromatic nitrogens is 2. The second-order valence-corrected chi connectivity index (χ2v) is 3.65. The molecule has 0 radical (unpaired) electrons. The first-order chi connectivity index (χ1) is 6.25. The minimum absolute atomic E-state index is 0.610. The van der Waals surface area contributed by atoms with E-state index in [9.17, 15) is 0 Å². The maximum absolute atomic E-state index is 5.65. The third kappa shape index (κ3) is 1.83. The Kier molecular flexibility index (Phi) is 2.22. The van der Waals surface area contributed by atoms with Gasteiger partial charge in [-0.3, -0.25) is 4.68 Å². The number of ether oxygens (including phenoxy) is 1. The zero-order chi connectivity index (χ0) is 9.26. The van der Waals surface area contributed by atoms with Crippen molar-refractivity contribution in [2.45, 2.75) is 19.9 Å². The Balaban J connectivity index is 2.00. The molecule has 13 heavy (non-hydrogen) atoms. The number of nitrogens with zero attached hydrogens (tertiary/aromatic N) is 2. The molecule has 1 aromatic rings. The maximum atomic E-state index is 5.65. The zero-order valence-electron chi connectivity index (χ0n) is 7.86. The predicted octanol–water partition coefficient (Wildman–Crippen LogP) is 0.810. The normalized spacial score (nSPS) is 22.4. The Morgan fingerprint density at radius 2 is 2.62 bits per heavy atom. The molecule has 0 saturated carbocycles. The van der Waals surface area contributed by atoms with Crippen molar-refractivity contribution in [2.24, 2.45) is 5.92 Å². The van der Waals surface area contributed by atoms with Gasteiger partial charge in [0.2, 0.25) is 0 Å².